The first-order valence-electron chi connectivity index (χ1n) is 7.65. The summed E-state index contributed by atoms with van der Waals surface area (Å²) in [5, 5.41) is 13.7. The van der Waals surface area contributed by atoms with Gasteiger partial charge in [-0.1, -0.05) is 0 Å². The summed E-state index contributed by atoms with van der Waals surface area (Å²) >= 11 is 0. The molecule has 0 aliphatic heterocycles. The monoisotopic (exact) mass is 333 g/mol. The first-order valence-corrected chi connectivity index (χ1v) is 7.65. The van der Waals surface area contributed by atoms with E-state index in [4.69, 9.17) is 0 Å². The molecule has 0 bridgehead atoms. The van der Waals surface area contributed by atoms with Crippen LogP contribution in [-0.2, 0) is 0 Å². The Morgan fingerprint density at radius 2 is 1.83 bits per heavy atom. The Bertz CT molecular complexity index is 769. The molecule has 1 heterocycles. The van der Waals surface area contributed by atoms with Crippen molar-refractivity contribution < 1.29 is 14.3 Å². The van der Waals surface area contributed by atoms with Crippen molar-refractivity contribution in [1.82, 2.24) is 14.7 Å². The molecule has 0 saturated heterocycles. The number of benzene rings is 1. The largest absolute Gasteiger partial charge is 0.392 e. The van der Waals surface area contributed by atoms with Gasteiger partial charge >= 0.3 is 0 Å². The molecule has 1 N–H and O–H groups in total. The van der Waals surface area contributed by atoms with E-state index in [1.807, 2.05) is 13.8 Å². The van der Waals surface area contributed by atoms with Gasteiger partial charge in [0.2, 0.25) is 0 Å². The fraction of sp³-hybridized carbons (Fsp3) is 0.353. The van der Waals surface area contributed by atoms with Gasteiger partial charge < -0.3 is 10.0 Å². The number of halogens is 1. The molecule has 0 saturated carbocycles. The average molecular weight is 333 g/mol. The minimum atomic E-state index is -0.681. The Kier molecular flexibility index (Phi) is 5.46. The van der Waals surface area contributed by atoms with Gasteiger partial charge in [0, 0.05) is 18.7 Å². The molecule has 7 heteroatoms. The van der Waals surface area contributed by atoms with Gasteiger partial charge in [-0.15, -0.1) is 0 Å². The zero-order valence-electron chi connectivity index (χ0n) is 13.8. The standard InChI is InChI=1S/C17H20FN3O3/c1-11(2)20(10-12(3)22)17(24)15-8-9-16(23)21(19-15)14-6-4-13(18)5-7-14/h4-9,11-12,22H,10H2,1-3H3. The van der Waals surface area contributed by atoms with E-state index in [0.717, 1.165) is 4.68 Å². The summed E-state index contributed by atoms with van der Waals surface area (Å²) in [6, 6.07) is 7.70. The van der Waals surface area contributed by atoms with Crippen molar-refractivity contribution in [2.45, 2.75) is 32.9 Å². The fourth-order valence-corrected chi connectivity index (χ4v) is 2.25. The molecule has 24 heavy (non-hydrogen) atoms. The molecular weight excluding hydrogens is 313 g/mol. The molecule has 1 amide bonds. The topological polar surface area (TPSA) is 75.4 Å². The Balaban J connectivity index is 2.41. The van der Waals surface area contributed by atoms with Crippen LogP contribution in [0.3, 0.4) is 0 Å². The van der Waals surface area contributed by atoms with Crippen molar-refractivity contribution in [2.24, 2.45) is 0 Å². The van der Waals surface area contributed by atoms with E-state index in [9.17, 15) is 19.1 Å². The minimum Gasteiger partial charge on any atom is -0.392 e. The van der Waals surface area contributed by atoms with Gasteiger partial charge in [0.25, 0.3) is 11.5 Å². The van der Waals surface area contributed by atoms with E-state index >= 15 is 0 Å². The number of amides is 1. The zero-order valence-corrected chi connectivity index (χ0v) is 13.8. The molecule has 2 rings (SSSR count). The van der Waals surface area contributed by atoms with Crippen molar-refractivity contribution in [3.63, 3.8) is 0 Å². The predicted molar refractivity (Wildman–Crippen MR) is 87.6 cm³/mol. The lowest BCUT2D eigenvalue weighted by Gasteiger charge is -2.27. The SMILES string of the molecule is CC(O)CN(C(=O)c1ccc(=O)n(-c2ccc(F)cc2)n1)C(C)C. The van der Waals surface area contributed by atoms with Crippen LogP contribution in [0.1, 0.15) is 31.3 Å². The summed E-state index contributed by atoms with van der Waals surface area (Å²) in [6.45, 7) is 5.41. The molecule has 1 aromatic carbocycles. The van der Waals surface area contributed by atoms with Gasteiger partial charge in [-0.05, 0) is 51.1 Å². The van der Waals surface area contributed by atoms with Crippen LogP contribution < -0.4 is 5.56 Å². The maximum absolute atomic E-state index is 13.0. The van der Waals surface area contributed by atoms with E-state index in [0.29, 0.717) is 5.69 Å². The molecule has 2 aromatic rings. The van der Waals surface area contributed by atoms with Crippen LogP contribution >= 0.6 is 0 Å². The van der Waals surface area contributed by atoms with Gasteiger partial charge in [0.15, 0.2) is 0 Å². The van der Waals surface area contributed by atoms with Gasteiger partial charge in [-0.2, -0.15) is 9.78 Å². The van der Waals surface area contributed by atoms with Gasteiger partial charge in [0.05, 0.1) is 11.8 Å². The Morgan fingerprint density at radius 1 is 1.21 bits per heavy atom. The molecule has 0 spiro atoms. The van der Waals surface area contributed by atoms with Crippen LogP contribution in [0.4, 0.5) is 4.39 Å². The van der Waals surface area contributed by atoms with Crippen LogP contribution in [0.2, 0.25) is 0 Å². The number of nitrogens with zero attached hydrogens (tertiary/aromatic N) is 3. The Labute approximate surface area is 139 Å². The summed E-state index contributed by atoms with van der Waals surface area (Å²) < 4.78 is 14.1. The van der Waals surface area contributed by atoms with Crippen LogP contribution in [0, 0.1) is 5.82 Å². The molecule has 128 valence electrons. The second-order valence-corrected chi connectivity index (χ2v) is 5.85. The van der Waals surface area contributed by atoms with Crippen molar-refractivity contribution in [3.8, 4) is 5.69 Å². The maximum Gasteiger partial charge on any atom is 0.274 e. The summed E-state index contributed by atoms with van der Waals surface area (Å²) in [7, 11) is 0. The van der Waals surface area contributed by atoms with Crippen LogP contribution in [-0.4, -0.2) is 44.4 Å². The summed E-state index contributed by atoms with van der Waals surface area (Å²) in [6.07, 6.45) is -0.681. The first kappa shape index (κ1) is 17.8. The smallest absolute Gasteiger partial charge is 0.274 e. The highest BCUT2D eigenvalue weighted by Crippen LogP contribution is 2.09. The second-order valence-electron chi connectivity index (χ2n) is 5.85. The Hall–Kier alpha value is -2.54. The zero-order chi connectivity index (χ0) is 17.9. The lowest BCUT2D eigenvalue weighted by Crippen LogP contribution is -2.42. The van der Waals surface area contributed by atoms with E-state index in [1.165, 1.54) is 41.3 Å². The average Bonchev–Trinajstić information content (AvgIpc) is 2.53. The van der Waals surface area contributed by atoms with Crippen molar-refractivity contribution >= 4 is 5.91 Å². The molecule has 0 fully saturated rings. The number of aromatic nitrogens is 2. The predicted octanol–water partition coefficient (Wildman–Crippen LogP) is 1.60. The lowest BCUT2D eigenvalue weighted by molar-refractivity contribution is 0.0571. The second kappa shape index (κ2) is 7.35. The molecule has 6 nitrogen and oxygen atoms in total. The number of aliphatic hydroxyl groups is 1. The highest BCUT2D eigenvalue weighted by molar-refractivity contribution is 5.92. The molecule has 0 radical (unpaired) electrons. The van der Waals surface area contributed by atoms with E-state index in [1.54, 1.807) is 6.92 Å². The number of carbonyl (C=O) groups is 1. The van der Waals surface area contributed by atoms with Crippen LogP contribution in [0.25, 0.3) is 5.69 Å². The maximum atomic E-state index is 13.0. The van der Waals surface area contributed by atoms with Gasteiger partial charge in [0.1, 0.15) is 11.5 Å². The molecule has 1 unspecified atom stereocenters. The third-order valence-corrected chi connectivity index (χ3v) is 3.44. The number of aliphatic hydroxyl groups excluding tert-OH is 1. The summed E-state index contributed by atoms with van der Waals surface area (Å²) in [5.74, 6) is -0.816. The molecule has 1 aromatic heterocycles. The lowest BCUT2D eigenvalue weighted by atomic mass is 10.2. The van der Waals surface area contributed by atoms with E-state index < -0.39 is 17.5 Å². The first-order chi connectivity index (χ1) is 11.3. The Morgan fingerprint density at radius 3 is 2.38 bits per heavy atom. The summed E-state index contributed by atoms with van der Waals surface area (Å²) in [5.41, 5.74) is 0.0146. The van der Waals surface area contributed by atoms with Gasteiger partial charge in [-0.25, -0.2) is 4.39 Å². The highest BCUT2D eigenvalue weighted by atomic mass is 19.1. The molecule has 1 atom stereocenters. The van der Waals surface area contributed by atoms with E-state index in [-0.39, 0.29) is 24.2 Å². The number of rotatable bonds is 5. The quantitative estimate of drug-likeness (QED) is 0.902. The van der Waals surface area contributed by atoms with Crippen molar-refractivity contribution in [1.29, 1.82) is 0 Å². The third-order valence-electron chi connectivity index (χ3n) is 3.44. The van der Waals surface area contributed by atoms with Gasteiger partial charge in [-0.3, -0.25) is 9.59 Å². The number of hydrogen-bond donors (Lipinski definition) is 1. The normalized spacial score (nSPS) is 12.2. The van der Waals surface area contributed by atoms with Crippen molar-refractivity contribution in [2.75, 3.05) is 6.54 Å². The van der Waals surface area contributed by atoms with E-state index in [2.05, 4.69) is 5.10 Å². The number of hydrogen-bond acceptors (Lipinski definition) is 4. The molecular formula is C17H20FN3O3. The highest BCUT2D eigenvalue weighted by Gasteiger charge is 2.22. The number of carbonyl (C=O) groups excluding carboxylic acids is 1. The van der Waals surface area contributed by atoms with Crippen LogP contribution in [0.5, 0.6) is 0 Å². The third kappa shape index (κ3) is 4.05. The molecule has 0 aliphatic carbocycles. The fourth-order valence-electron chi connectivity index (χ4n) is 2.25. The minimum absolute atomic E-state index is 0.0771. The van der Waals surface area contributed by atoms with Crippen molar-refractivity contribution in [3.05, 3.63) is 58.3 Å². The van der Waals surface area contributed by atoms with Crippen LogP contribution in [0.15, 0.2) is 41.2 Å². The molecule has 0 aliphatic rings. The summed E-state index contributed by atoms with van der Waals surface area (Å²) in [4.78, 5) is 26.1.